The standard InChI is InChI=1S/C24H22FNO3/c1-16-3-2-4-23-17(13-20(28)15-27)14-26(24(16)23)19-7-11-22(12-8-19)29-21-9-5-18(25)6-10-21/h2-12,14,20,27-28H,13,15H2,1H3/t20-/m0/s1. The Labute approximate surface area is 168 Å². The van der Waals surface area contributed by atoms with Gasteiger partial charge >= 0.3 is 0 Å². The highest BCUT2D eigenvalue weighted by molar-refractivity contribution is 5.88. The van der Waals surface area contributed by atoms with Gasteiger partial charge in [0.05, 0.1) is 18.2 Å². The Bertz CT molecular complexity index is 1120. The first kappa shape index (κ1) is 19.2. The van der Waals surface area contributed by atoms with Crippen molar-refractivity contribution in [1.29, 1.82) is 0 Å². The van der Waals surface area contributed by atoms with Gasteiger partial charge < -0.3 is 19.5 Å². The molecule has 148 valence electrons. The fourth-order valence-electron chi connectivity index (χ4n) is 3.53. The quantitative estimate of drug-likeness (QED) is 0.498. The van der Waals surface area contributed by atoms with E-state index in [9.17, 15) is 14.6 Å². The van der Waals surface area contributed by atoms with E-state index in [-0.39, 0.29) is 12.4 Å². The average Bonchev–Trinajstić information content (AvgIpc) is 3.10. The number of aliphatic hydroxyl groups is 2. The van der Waals surface area contributed by atoms with Crippen molar-refractivity contribution in [1.82, 2.24) is 4.57 Å². The third kappa shape index (κ3) is 4.01. The number of hydrogen-bond acceptors (Lipinski definition) is 3. The summed E-state index contributed by atoms with van der Waals surface area (Å²) in [4.78, 5) is 0. The van der Waals surface area contributed by atoms with Gasteiger partial charge in [-0.3, -0.25) is 0 Å². The number of benzene rings is 3. The van der Waals surface area contributed by atoms with Gasteiger partial charge in [0.1, 0.15) is 17.3 Å². The smallest absolute Gasteiger partial charge is 0.127 e. The zero-order valence-electron chi connectivity index (χ0n) is 16.0. The Morgan fingerprint density at radius 3 is 2.28 bits per heavy atom. The molecule has 0 aliphatic carbocycles. The van der Waals surface area contributed by atoms with Gasteiger partial charge in [0.15, 0.2) is 0 Å². The first-order valence-corrected chi connectivity index (χ1v) is 9.47. The maximum Gasteiger partial charge on any atom is 0.127 e. The minimum absolute atomic E-state index is 0.270. The van der Waals surface area contributed by atoms with Gasteiger partial charge in [-0.25, -0.2) is 4.39 Å². The molecule has 0 unspecified atom stereocenters. The lowest BCUT2D eigenvalue weighted by molar-refractivity contribution is 0.0957. The molecule has 1 heterocycles. The van der Waals surface area contributed by atoms with E-state index in [4.69, 9.17) is 4.74 Å². The molecular formula is C24H22FNO3. The molecule has 0 aliphatic rings. The SMILES string of the molecule is Cc1cccc2c(C[C@H](O)CO)cn(-c3ccc(Oc4ccc(F)cc4)cc3)c12. The van der Waals surface area contributed by atoms with Gasteiger partial charge in [0.2, 0.25) is 0 Å². The number of aliphatic hydroxyl groups excluding tert-OH is 2. The van der Waals surface area contributed by atoms with E-state index < -0.39 is 6.10 Å². The van der Waals surface area contributed by atoms with Crippen LogP contribution in [-0.2, 0) is 6.42 Å². The summed E-state index contributed by atoms with van der Waals surface area (Å²) in [6, 6.07) is 19.6. The number of aryl methyl sites for hydroxylation is 1. The Kier molecular flexibility index (Phi) is 5.34. The summed E-state index contributed by atoms with van der Waals surface area (Å²) in [5, 5.41) is 20.2. The molecule has 0 saturated carbocycles. The van der Waals surface area contributed by atoms with Crippen LogP contribution in [0.3, 0.4) is 0 Å². The normalized spacial score (nSPS) is 12.3. The lowest BCUT2D eigenvalue weighted by atomic mass is 10.1. The first-order chi connectivity index (χ1) is 14.0. The molecule has 0 fully saturated rings. The molecule has 4 aromatic rings. The Morgan fingerprint density at radius 1 is 0.966 bits per heavy atom. The van der Waals surface area contributed by atoms with E-state index >= 15 is 0 Å². The molecule has 29 heavy (non-hydrogen) atoms. The summed E-state index contributed by atoms with van der Waals surface area (Å²) >= 11 is 0. The summed E-state index contributed by atoms with van der Waals surface area (Å²) in [5.41, 5.74) is 4.14. The van der Waals surface area contributed by atoms with Crippen LogP contribution in [-0.4, -0.2) is 27.5 Å². The topological polar surface area (TPSA) is 54.6 Å². The zero-order chi connectivity index (χ0) is 20.4. The molecule has 0 radical (unpaired) electrons. The fourth-order valence-corrected chi connectivity index (χ4v) is 3.53. The van der Waals surface area contributed by atoms with E-state index in [1.807, 2.05) is 42.6 Å². The highest BCUT2D eigenvalue weighted by atomic mass is 19.1. The number of nitrogens with zero attached hydrogens (tertiary/aromatic N) is 1. The fraction of sp³-hybridized carbons (Fsp3) is 0.167. The molecule has 0 aliphatic heterocycles. The number of halogens is 1. The van der Waals surface area contributed by atoms with Crippen molar-refractivity contribution >= 4 is 10.9 Å². The van der Waals surface area contributed by atoms with Gasteiger partial charge in [-0.1, -0.05) is 18.2 Å². The molecule has 4 nitrogen and oxygen atoms in total. The van der Waals surface area contributed by atoms with Crippen LogP contribution in [0, 0.1) is 12.7 Å². The lowest BCUT2D eigenvalue weighted by Crippen LogP contribution is -2.14. The predicted octanol–water partition coefficient (Wildman–Crippen LogP) is 4.77. The van der Waals surface area contributed by atoms with Gasteiger partial charge in [-0.15, -0.1) is 0 Å². The number of fused-ring (bicyclic) bond motifs is 1. The summed E-state index contributed by atoms with van der Waals surface area (Å²) in [5.74, 6) is 0.927. The van der Waals surface area contributed by atoms with Gasteiger partial charge in [-0.05, 0) is 66.6 Å². The first-order valence-electron chi connectivity index (χ1n) is 9.47. The zero-order valence-corrected chi connectivity index (χ0v) is 16.0. The molecule has 3 aromatic carbocycles. The molecule has 0 spiro atoms. The monoisotopic (exact) mass is 391 g/mol. The molecular weight excluding hydrogens is 369 g/mol. The van der Waals surface area contributed by atoms with E-state index in [0.29, 0.717) is 17.9 Å². The van der Waals surface area contributed by atoms with Crippen molar-refractivity contribution in [2.24, 2.45) is 0 Å². The third-order valence-corrected chi connectivity index (χ3v) is 4.94. The van der Waals surface area contributed by atoms with Crippen molar-refractivity contribution in [3.63, 3.8) is 0 Å². The van der Waals surface area contributed by atoms with E-state index in [2.05, 4.69) is 17.6 Å². The number of ether oxygens (including phenoxy) is 1. The molecule has 0 saturated heterocycles. The number of aromatic nitrogens is 1. The van der Waals surface area contributed by atoms with Crippen molar-refractivity contribution in [3.05, 3.63) is 89.9 Å². The minimum Gasteiger partial charge on any atom is -0.457 e. The van der Waals surface area contributed by atoms with Gasteiger partial charge in [0, 0.05) is 23.7 Å². The number of hydrogen-bond donors (Lipinski definition) is 2. The van der Waals surface area contributed by atoms with Crippen LogP contribution < -0.4 is 4.74 Å². The van der Waals surface area contributed by atoms with Gasteiger partial charge in [-0.2, -0.15) is 0 Å². The minimum atomic E-state index is -0.791. The van der Waals surface area contributed by atoms with E-state index in [1.54, 1.807) is 12.1 Å². The second kappa shape index (κ2) is 8.07. The van der Waals surface area contributed by atoms with E-state index in [0.717, 1.165) is 27.7 Å². The van der Waals surface area contributed by atoms with Crippen LogP contribution in [0.5, 0.6) is 11.5 Å². The molecule has 5 heteroatoms. The van der Waals surface area contributed by atoms with Crippen LogP contribution in [0.25, 0.3) is 16.6 Å². The molecule has 0 amide bonds. The lowest BCUT2D eigenvalue weighted by Gasteiger charge is -2.10. The Hall–Kier alpha value is -3.15. The maximum atomic E-state index is 13.0. The maximum absolute atomic E-state index is 13.0. The van der Waals surface area contributed by atoms with Crippen LogP contribution in [0.4, 0.5) is 4.39 Å². The summed E-state index contributed by atoms with van der Waals surface area (Å²) in [7, 11) is 0. The highest BCUT2D eigenvalue weighted by Crippen LogP contribution is 2.30. The molecule has 1 atom stereocenters. The van der Waals surface area contributed by atoms with E-state index in [1.165, 1.54) is 12.1 Å². The number of rotatable bonds is 6. The summed E-state index contributed by atoms with van der Waals surface area (Å²) in [6.45, 7) is 1.78. The van der Waals surface area contributed by atoms with Gasteiger partial charge in [0.25, 0.3) is 0 Å². The molecule has 1 aromatic heterocycles. The van der Waals surface area contributed by atoms with Crippen molar-refractivity contribution in [2.75, 3.05) is 6.61 Å². The van der Waals surface area contributed by atoms with Crippen LogP contribution in [0.15, 0.2) is 72.9 Å². The highest BCUT2D eigenvalue weighted by Gasteiger charge is 2.14. The second-order valence-electron chi connectivity index (χ2n) is 7.09. The Balaban J connectivity index is 1.68. The van der Waals surface area contributed by atoms with Crippen LogP contribution >= 0.6 is 0 Å². The number of para-hydroxylation sites is 1. The van der Waals surface area contributed by atoms with Crippen LogP contribution in [0.1, 0.15) is 11.1 Å². The second-order valence-corrected chi connectivity index (χ2v) is 7.09. The Morgan fingerprint density at radius 2 is 1.62 bits per heavy atom. The van der Waals surface area contributed by atoms with Crippen molar-refractivity contribution in [2.45, 2.75) is 19.4 Å². The largest absolute Gasteiger partial charge is 0.457 e. The summed E-state index contributed by atoms with van der Waals surface area (Å²) in [6.07, 6.45) is 1.60. The predicted molar refractivity (Wildman–Crippen MR) is 111 cm³/mol. The molecule has 2 N–H and O–H groups in total. The average molecular weight is 391 g/mol. The third-order valence-electron chi connectivity index (χ3n) is 4.94. The molecule has 0 bridgehead atoms. The van der Waals surface area contributed by atoms with Crippen molar-refractivity contribution < 1.29 is 19.3 Å². The molecule has 4 rings (SSSR count). The summed E-state index contributed by atoms with van der Waals surface area (Å²) < 4.78 is 20.9. The van der Waals surface area contributed by atoms with Crippen LogP contribution in [0.2, 0.25) is 0 Å². The van der Waals surface area contributed by atoms with Crippen molar-refractivity contribution in [3.8, 4) is 17.2 Å².